The third-order valence-corrected chi connectivity index (χ3v) is 40.6. The summed E-state index contributed by atoms with van der Waals surface area (Å²) >= 11 is -2.71. The summed E-state index contributed by atoms with van der Waals surface area (Å²) in [5.74, 6) is 0.184. The zero-order valence-electron chi connectivity index (χ0n) is 25.2. The zero-order valence-corrected chi connectivity index (χ0v) is 31.3. The Kier molecular flexibility index (Phi) is 11.7. The van der Waals surface area contributed by atoms with Gasteiger partial charge in [-0.05, 0) is 0 Å². The number of rotatable bonds is 6. The van der Waals surface area contributed by atoms with Crippen molar-refractivity contribution in [1.82, 2.24) is 0 Å². The summed E-state index contributed by atoms with van der Waals surface area (Å²) in [5.41, 5.74) is 6.95. The van der Waals surface area contributed by atoms with Crippen molar-refractivity contribution in [3.05, 3.63) is 162 Å². The first-order chi connectivity index (χ1) is 20.3. The van der Waals surface area contributed by atoms with Gasteiger partial charge in [0.25, 0.3) is 0 Å². The SMILES string of the molecule is CC1=[C]([Zr+2]([C]2=C(C)C(c3cccc(F)c3)=CC2C)=[Ge]([c]2ccccc2)[c]2ccccc2)C(C)C=C1c1cccc(F)c1.[Cl-].[Cl-]. The first-order valence-corrected chi connectivity index (χ1v) is 26.6. The topological polar surface area (TPSA) is 0 Å². The van der Waals surface area contributed by atoms with Gasteiger partial charge in [0.05, 0.1) is 0 Å². The van der Waals surface area contributed by atoms with Crippen LogP contribution >= 0.6 is 0 Å². The smallest absolute Gasteiger partial charge is 1.00 e. The van der Waals surface area contributed by atoms with Crippen molar-refractivity contribution >= 4 is 29.9 Å². The van der Waals surface area contributed by atoms with Crippen LogP contribution in [0.2, 0.25) is 0 Å². The third-order valence-electron chi connectivity index (χ3n) is 8.54. The molecule has 0 N–H and O–H groups in total. The Balaban J connectivity index is 0.00000221. The molecule has 0 saturated heterocycles. The van der Waals surface area contributed by atoms with E-state index in [1.807, 2.05) is 24.3 Å². The van der Waals surface area contributed by atoms with E-state index < -0.39 is 28.6 Å². The Morgan fingerprint density at radius 2 is 0.932 bits per heavy atom. The maximum atomic E-state index is 14.4. The third kappa shape index (κ3) is 6.77. The standard InChI is InChI=1S/2C13H12F.C12H10Ge.2ClH.Zr/c2*1-9-6-10(2)13(7-9)11-4-3-5-12(14)8-11;1-3-7-11(8-4-1)13-12-9-5-2-6-10-12;;;/h2*3-5,7-9H,1-2H3;1-10H;2*1H;/q;;;;;+2/p-2. The zero-order chi connectivity index (χ0) is 29.4. The van der Waals surface area contributed by atoms with Crippen molar-refractivity contribution < 1.29 is 52.2 Å². The molecule has 2 unspecified atom stereocenters. The van der Waals surface area contributed by atoms with Crippen LogP contribution in [0.1, 0.15) is 38.8 Å². The van der Waals surface area contributed by atoms with E-state index in [0.29, 0.717) is 11.8 Å². The molecule has 222 valence electrons. The molecule has 0 heterocycles. The summed E-state index contributed by atoms with van der Waals surface area (Å²) in [6.45, 7) is 9.24. The van der Waals surface area contributed by atoms with Gasteiger partial charge >= 0.3 is 259 Å². The van der Waals surface area contributed by atoms with Crippen molar-refractivity contribution in [2.75, 3.05) is 0 Å². The van der Waals surface area contributed by atoms with E-state index in [1.54, 1.807) is 18.7 Å². The molecule has 4 aromatic carbocycles. The predicted molar refractivity (Wildman–Crippen MR) is 170 cm³/mol. The monoisotopic (exact) mass is 762 g/mol. The fourth-order valence-corrected chi connectivity index (χ4v) is 46.7. The molecule has 2 atom stereocenters. The van der Waals surface area contributed by atoms with Crippen LogP contribution < -0.4 is 33.6 Å². The molecule has 6 heteroatoms. The van der Waals surface area contributed by atoms with Crippen LogP contribution in [-0.2, 0) is 18.6 Å². The first kappa shape index (κ1) is 34.6. The molecule has 0 nitrogen and oxygen atoms in total. The molecule has 0 aliphatic heterocycles. The Labute approximate surface area is 281 Å². The minimum atomic E-state index is -2.71. The van der Waals surface area contributed by atoms with Gasteiger partial charge < -0.3 is 24.8 Å². The summed E-state index contributed by atoms with van der Waals surface area (Å²) in [7, 11) is -2.12. The van der Waals surface area contributed by atoms with Gasteiger partial charge in [-0.25, -0.2) is 0 Å². The molecule has 2 aliphatic rings. The molecular formula is C38H34Cl2F2GeZr. The molecular weight excluding hydrogens is 729 g/mol. The number of hydrogen-bond acceptors (Lipinski definition) is 0. The van der Waals surface area contributed by atoms with Crippen LogP contribution in [0, 0.1) is 23.5 Å². The Hall–Kier alpha value is -2.29. The van der Waals surface area contributed by atoms with Crippen LogP contribution in [0.15, 0.2) is 139 Å². The second kappa shape index (κ2) is 14.9. The number of halogens is 4. The van der Waals surface area contributed by atoms with Gasteiger partial charge in [-0.1, -0.05) is 0 Å². The van der Waals surface area contributed by atoms with Crippen molar-refractivity contribution in [2.24, 2.45) is 11.8 Å². The van der Waals surface area contributed by atoms with Crippen molar-refractivity contribution in [2.45, 2.75) is 27.7 Å². The van der Waals surface area contributed by atoms with Gasteiger partial charge in [-0.3, -0.25) is 0 Å². The molecule has 4 aromatic rings. The van der Waals surface area contributed by atoms with E-state index in [0.717, 1.165) is 11.1 Å². The van der Waals surface area contributed by atoms with Crippen LogP contribution in [0.4, 0.5) is 8.78 Å². The summed E-state index contributed by atoms with van der Waals surface area (Å²) in [5, 5.41) is 0. The van der Waals surface area contributed by atoms with Gasteiger partial charge in [-0.15, -0.1) is 0 Å². The van der Waals surface area contributed by atoms with Crippen LogP contribution in [0.25, 0.3) is 11.1 Å². The molecule has 0 bridgehead atoms. The maximum Gasteiger partial charge on any atom is -1.00 e. The summed E-state index contributed by atoms with van der Waals surface area (Å²) in [6.07, 6.45) is 4.75. The minimum Gasteiger partial charge on any atom is -1.00 e. The van der Waals surface area contributed by atoms with Crippen LogP contribution in [0.5, 0.6) is 0 Å². The molecule has 2 aliphatic carbocycles. The average molecular weight is 763 g/mol. The minimum absolute atomic E-state index is 0. The van der Waals surface area contributed by atoms with Gasteiger partial charge in [0.1, 0.15) is 0 Å². The number of benzene rings is 4. The second-order valence-corrected chi connectivity index (χ2v) is 32.4. The van der Waals surface area contributed by atoms with Gasteiger partial charge in [-0.2, -0.15) is 0 Å². The summed E-state index contributed by atoms with van der Waals surface area (Å²) < 4.78 is 35.1. The normalized spacial score (nSPS) is 17.3. The summed E-state index contributed by atoms with van der Waals surface area (Å²) in [6, 6.07) is 36.5. The molecule has 6 rings (SSSR count). The van der Waals surface area contributed by atoms with Crippen molar-refractivity contribution in [1.29, 1.82) is 0 Å². The largest absolute Gasteiger partial charge is 1.00 e. The van der Waals surface area contributed by atoms with Gasteiger partial charge in [0.15, 0.2) is 0 Å². The Morgan fingerprint density at radius 1 is 0.545 bits per heavy atom. The van der Waals surface area contributed by atoms with Crippen molar-refractivity contribution in [3.63, 3.8) is 0 Å². The fourth-order valence-electron chi connectivity index (χ4n) is 6.74. The Bertz CT molecular complexity index is 1710. The molecule has 44 heavy (non-hydrogen) atoms. The van der Waals surface area contributed by atoms with Crippen LogP contribution in [0.3, 0.4) is 0 Å². The predicted octanol–water partition coefficient (Wildman–Crippen LogP) is 2.71. The van der Waals surface area contributed by atoms with E-state index in [9.17, 15) is 8.78 Å². The van der Waals surface area contributed by atoms with E-state index in [-0.39, 0.29) is 36.4 Å². The maximum absolute atomic E-state index is 14.4. The second-order valence-electron chi connectivity index (χ2n) is 11.3. The van der Waals surface area contributed by atoms with E-state index in [2.05, 4.69) is 101 Å². The van der Waals surface area contributed by atoms with Crippen LogP contribution in [-0.4, -0.2) is 9.98 Å². The molecule has 0 spiro atoms. The molecule has 0 fully saturated rings. The van der Waals surface area contributed by atoms with Gasteiger partial charge in [0.2, 0.25) is 0 Å². The van der Waals surface area contributed by atoms with Crippen molar-refractivity contribution in [3.8, 4) is 0 Å². The number of allylic oxidation sites excluding steroid dienone is 8. The first-order valence-electron chi connectivity index (χ1n) is 14.6. The Morgan fingerprint density at radius 3 is 1.30 bits per heavy atom. The fraction of sp³-hybridized carbons (Fsp3) is 0.158. The quantitative estimate of drug-likeness (QED) is 0.266. The molecule has 0 amide bonds. The van der Waals surface area contributed by atoms with E-state index in [1.165, 1.54) is 43.2 Å². The molecule has 0 aromatic heterocycles. The van der Waals surface area contributed by atoms with E-state index in [4.69, 9.17) is 0 Å². The van der Waals surface area contributed by atoms with Gasteiger partial charge in [0, 0.05) is 0 Å². The summed E-state index contributed by atoms with van der Waals surface area (Å²) in [4.78, 5) is 0. The average Bonchev–Trinajstić information content (AvgIpc) is 3.46. The molecule has 0 radical (unpaired) electrons. The van der Waals surface area contributed by atoms with E-state index >= 15 is 0 Å². The molecule has 0 saturated carbocycles. The number of hydrogen-bond donors (Lipinski definition) is 0.